The Kier molecular flexibility index (Phi) is 9.36. The van der Waals surface area contributed by atoms with Crippen molar-refractivity contribution in [3.63, 3.8) is 0 Å². The number of likely N-dealkylation sites (tertiary alicyclic amines) is 1. The summed E-state index contributed by atoms with van der Waals surface area (Å²) in [5.41, 5.74) is 0.440. The Morgan fingerprint density at radius 1 is 1.08 bits per heavy atom. The van der Waals surface area contributed by atoms with E-state index in [1.54, 1.807) is 36.9 Å². The van der Waals surface area contributed by atoms with Crippen LogP contribution in [0.15, 0.2) is 48.5 Å². The molecular formula is C28H35Cl2NO5S. The van der Waals surface area contributed by atoms with Crippen LogP contribution in [-0.4, -0.2) is 47.3 Å². The third-order valence-corrected chi connectivity index (χ3v) is 10.5. The van der Waals surface area contributed by atoms with Crippen LogP contribution in [0, 0.1) is 5.41 Å². The molecule has 5 atom stereocenters. The zero-order valence-electron chi connectivity index (χ0n) is 21.7. The molecule has 1 amide bonds. The molecule has 0 saturated carbocycles. The number of sulfone groups is 1. The van der Waals surface area contributed by atoms with Crippen LogP contribution in [0.25, 0.3) is 0 Å². The number of amides is 1. The highest BCUT2D eigenvalue weighted by Crippen LogP contribution is 2.52. The number of hydrogen-bond acceptors (Lipinski definition) is 4. The molecule has 1 fully saturated rings. The summed E-state index contributed by atoms with van der Waals surface area (Å²) in [6, 6.07) is 13.4. The van der Waals surface area contributed by atoms with E-state index >= 15 is 0 Å². The maximum Gasteiger partial charge on any atom is 0.304 e. The molecule has 0 radical (unpaired) electrons. The summed E-state index contributed by atoms with van der Waals surface area (Å²) >= 11 is 12.5. The minimum atomic E-state index is -3.51. The molecule has 6 nitrogen and oxygen atoms in total. The van der Waals surface area contributed by atoms with E-state index in [2.05, 4.69) is 0 Å². The molecule has 2 aromatic rings. The fourth-order valence-electron chi connectivity index (χ4n) is 5.36. The van der Waals surface area contributed by atoms with Gasteiger partial charge in [0.05, 0.1) is 28.9 Å². The summed E-state index contributed by atoms with van der Waals surface area (Å²) in [4.78, 5) is 27.8. The first-order chi connectivity index (χ1) is 17.3. The highest BCUT2D eigenvalue weighted by Gasteiger charge is 2.52. The highest BCUT2D eigenvalue weighted by atomic mass is 35.5. The van der Waals surface area contributed by atoms with Crippen LogP contribution in [0.3, 0.4) is 0 Å². The van der Waals surface area contributed by atoms with Gasteiger partial charge < -0.3 is 10.0 Å². The Hall–Kier alpha value is -2.09. The molecule has 0 bridgehead atoms. The number of hydrogen-bond donors (Lipinski definition) is 1. The second-order valence-electron chi connectivity index (χ2n) is 10.3. The van der Waals surface area contributed by atoms with Crippen molar-refractivity contribution in [2.45, 2.75) is 76.6 Å². The fourth-order valence-corrected chi connectivity index (χ4v) is 7.46. The topological polar surface area (TPSA) is 91.8 Å². The lowest BCUT2D eigenvalue weighted by atomic mass is 9.67. The lowest BCUT2D eigenvalue weighted by Gasteiger charge is -2.52. The van der Waals surface area contributed by atoms with Crippen molar-refractivity contribution in [2.75, 3.05) is 5.75 Å². The van der Waals surface area contributed by atoms with Crippen LogP contribution in [0.4, 0.5) is 0 Å². The van der Waals surface area contributed by atoms with E-state index in [1.165, 1.54) is 0 Å². The minimum Gasteiger partial charge on any atom is -0.481 e. The van der Waals surface area contributed by atoms with Crippen LogP contribution >= 0.6 is 23.2 Å². The molecule has 0 aliphatic carbocycles. The Labute approximate surface area is 229 Å². The molecule has 202 valence electrons. The molecule has 37 heavy (non-hydrogen) atoms. The summed E-state index contributed by atoms with van der Waals surface area (Å²) in [7, 11) is -3.51. The van der Waals surface area contributed by atoms with Gasteiger partial charge in [0.2, 0.25) is 5.91 Å². The normalized spacial score (nSPS) is 24.1. The molecule has 1 aliphatic heterocycles. The predicted molar refractivity (Wildman–Crippen MR) is 148 cm³/mol. The van der Waals surface area contributed by atoms with Crippen molar-refractivity contribution < 1.29 is 23.1 Å². The van der Waals surface area contributed by atoms with Crippen LogP contribution < -0.4 is 0 Å². The lowest BCUT2D eigenvalue weighted by Crippen LogP contribution is -2.57. The molecule has 1 N–H and O–H groups in total. The van der Waals surface area contributed by atoms with E-state index in [0.29, 0.717) is 22.9 Å². The summed E-state index contributed by atoms with van der Waals surface area (Å²) in [5, 5.41) is 10.3. The number of carbonyl (C=O) groups is 2. The molecule has 3 rings (SSSR count). The summed E-state index contributed by atoms with van der Waals surface area (Å²) in [6.07, 6.45) is 0.782. The van der Waals surface area contributed by atoms with E-state index in [-0.39, 0.29) is 30.4 Å². The number of aliphatic carboxylic acids is 1. The van der Waals surface area contributed by atoms with Gasteiger partial charge in [0, 0.05) is 22.0 Å². The van der Waals surface area contributed by atoms with Gasteiger partial charge >= 0.3 is 5.97 Å². The van der Waals surface area contributed by atoms with Gasteiger partial charge in [0.25, 0.3) is 0 Å². The van der Waals surface area contributed by atoms with Gasteiger partial charge in [-0.3, -0.25) is 9.59 Å². The minimum absolute atomic E-state index is 0.195. The van der Waals surface area contributed by atoms with Crippen LogP contribution in [0.5, 0.6) is 0 Å². The average molecular weight is 569 g/mol. The average Bonchev–Trinajstić information content (AvgIpc) is 2.83. The Bertz CT molecular complexity index is 1230. The number of halogens is 2. The Morgan fingerprint density at radius 3 is 2.27 bits per heavy atom. The monoisotopic (exact) mass is 567 g/mol. The smallest absolute Gasteiger partial charge is 0.304 e. The first kappa shape index (κ1) is 29.5. The van der Waals surface area contributed by atoms with E-state index in [9.17, 15) is 23.1 Å². The fraction of sp³-hybridized carbons (Fsp3) is 0.500. The van der Waals surface area contributed by atoms with E-state index in [1.807, 2.05) is 44.2 Å². The highest BCUT2D eigenvalue weighted by molar-refractivity contribution is 7.92. The van der Waals surface area contributed by atoms with Crippen LogP contribution in [-0.2, 0) is 19.4 Å². The Balaban J connectivity index is 2.25. The van der Waals surface area contributed by atoms with Crippen LogP contribution in [0.1, 0.15) is 76.5 Å². The first-order valence-corrected chi connectivity index (χ1v) is 15.1. The molecule has 9 heteroatoms. The number of carbonyl (C=O) groups excluding carboxylic acids is 1. The molecule has 0 spiro atoms. The second kappa shape index (κ2) is 11.7. The van der Waals surface area contributed by atoms with Crippen molar-refractivity contribution >= 4 is 44.9 Å². The van der Waals surface area contributed by atoms with E-state index < -0.39 is 38.6 Å². The summed E-state index contributed by atoms with van der Waals surface area (Å²) in [6.45, 7) is 7.04. The van der Waals surface area contributed by atoms with Crippen molar-refractivity contribution in [3.05, 3.63) is 69.7 Å². The molecular weight excluding hydrogens is 533 g/mol. The van der Waals surface area contributed by atoms with Gasteiger partial charge in [-0.1, -0.05) is 68.2 Å². The molecule has 2 aromatic carbocycles. The first-order valence-electron chi connectivity index (χ1n) is 12.6. The van der Waals surface area contributed by atoms with E-state index in [0.717, 1.165) is 11.1 Å². The maximum absolute atomic E-state index is 14.2. The third kappa shape index (κ3) is 6.50. The van der Waals surface area contributed by atoms with Crippen molar-refractivity contribution in [3.8, 4) is 0 Å². The van der Waals surface area contributed by atoms with Crippen molar-refractivity contribution in [1.29, 1.82) is 0 Å². The van der Waals surface area contributed by atoms with Gasteiger partial charge in [-0.15, -0.1) is 0 Å². The number of piperidine rings is 1. The summed E-state index contributed by atoms with van der Waals surface area (Å²) in [5.74, 6) is -1.94. The van der Waals surface area contributed by atoms with Crippen molar-refractivity contribution in [1.82, 2.24) is 4.90 Å². The van der Waals surface area contributed by atoms with Crippen molar-refractivity contribution in [2.24, 2.45) is 5.41 Å². The Morgan fingerprint density at radius 2 is 1.73 bits per heavy atom. The second-order valence-corrected chi connectivity index (χ2v) is 13.7. The SMILES string of the molecule is CCC(CS(=O)(=O)C(C)CC)N1C(=O)C(C)(CC(=O)O)CC(c2cccc(Cl)c2)C1c1ccc(Cl)cc1. The van der Waals surface area contributed by atoms with Gasteiger partial charge in [0.15, 0.2) is 9.84 Å². The molecule has 1 heterocycles. The zero-order valence-corrected chi connectivity index (χ0v) is 24.0. The molecule has 5 unspecified atom stereocenters. The van der Waals surface area contributed by atoms with Gasteiger partial charge in [0.1, 0.15) is 0 Å². The zero-order chi connectivity index (χ0) is 27.5. The molecule has 1 saturated heterocycles. The number of carboxylic acids is 1. The summed E-state index contributed by atoms with van der Waals surface area (Å²) < 4.78 is 26.5. The third-order valence-electron chi connectivity index (χ3n) is 7.61. The maximum atomic E-state index is 14.2. The van der Waals surface area contributed by atoms with Crippen LogP contribution in [0.2, 0.25) is 10.0 Å². The standard InChI is InChI=1S/C28H35Cl2NO5S/c1-5-18(3)37(35,36)17-23(6-2)31-26(19-10-12-21(29)13-11-19)24(20-8-7-9-22(30)14-20)15-28(4,27(31)34)16-25(32)33/h7-14,18,23-24,26H,5-6,15-17H2,1-4H3,(H,32,33). The number of nitrogens with zero attached hydrogens (tertiary/aromatic N) is 1. The number of benzene rings is 2. The largest absolute Gasteiger partial charge is 0.481 e. The quantitative estimate of drug-likeness (QED) is 0.352. The predicted octanol–water partition coefficient (Wildman–Crippen LogP) is 6.52. The number of carboxylic acid groups (broad SMARTS) is 1. The number of rotatable bonds is 10. The van der Waals surface area contributed by atoms with Gasteiger partial charge in [-0.05, 0) is 61.6 Å². The van der Waals surface area contributed by atoms with Gasteiger partial charge in [-0.2, -0.15) is 0 Å². The van der Waals surface area contributed by atoms with Gasteiger partial charge in [-0.25, -0.2) is 8.42 Å². The van der Waals surface area contributed by atoms with E-state index in [4.69, 9.17) is 23.2 Å². The molecule has 0 aromatic heterocycles. The lowest BCUT2D eigenvalue weighted by molar-refractivity contribution is -0.160. The molecule has 1 aliphatic rings.